The van der Waals surface area contributed by atoms with Gasteiger partial charge in [0, 0.05) is 6.61 Å². The Bertz CT molecular complexity index is 369. The SMILES string of the molecule is CCCCCCCCCCSC(CCCC)C(=O)OCCCCCCNCCCCO. The minimum absolute atomic E-state index is 0.0172. The number of carbonyl (C=O) groups is 1. The predicted octanol–water partition coefficient (Wildman–Crippen LogP) is 6.88. The summed E-state index contributed by atoms with van der Waals surface area (Å²) < 4.78 is 5.61. The highest BCUT2D eigenvalue weighted by Crippen LogP contribution is 2.21. The van der Waals surface area contributed by atoms with Crippen LogP contribution in [0.15, 0.2) is 0 Å². The number of esters is 1. The van der Waals surface area contributed by atoms with Crippen LogP contribution in [-0.2, 0) is 9.53 Å². The van der Waals surface area contributed by atoms with Crippen LogP contribution in [0.3, 0.4) is 0 Å². The smallest absolute Gasteiger partial charge is 0.319 e. The number of hydrogen-bond acceptors (Lipinski definition) is 5. The number of aliphatic hydroxyl groups excluding tert-OH is 1. The Morgan fingerprint density at radius 2 is 1.35 bits per heavy atom. The van der Waals surface area contributed by atoms with E-state index in [0.29, 0.717) is 6.61 Å². The summed E-state index contributed by atoms with van der Waals surface area (Å²) in [5.41, 5.74) is 0. The molecule has 0 fully saturated rings. The van der Waals surface area contributed by atoms with Crippen molar-refractivity contribution in [2.24, 2.45) is 0 Å². The molecule has 0 aliphatic rings. The zero-order valence-corrected chi connectivity index (χ0v) is 21.6. The minimum atomic E-state index is 0.0172. The van der Waals surface area contributed by atoms with E-state index in [1.54, 1.807) is 0 Å². The molecule has 31 heavy (non-hydrogen) atoms. The Labute approximate surface area is 198 Å². The van der Waals surface area contributed by atoms with E-state index in [-0.39, 0.29) is 17.8 Å². The van der Waals surface area contributed by atoms with Crippen molar-refractivity contribution in [1.82, 2.24) is 5.32 Å². The van der Waals surface area contributed by atoms with Crippen molar-refractivity contribution in [2.75, 3.05) is 32.1 Å². The van der Waals surface area contributed by atoms with Crippen molar-refractivity contribution >= 4 is 17.7 Å². The third-order valence-electron chi connectivity index (χ3n) is 5.65. The molecule has 0 amide bonds. The third kappa shape index (κ3) is 22.7. The monoisotopic (exact) mass is 459 g/mol. The van der Waals surface area contributed by atoms with Gasteiger partial charge in [0.05, 0.1) is 6.61 Å². The first kappa shape index (κ1) is 30.7. The Morgan fingerprint density at radius 3 is 2.03 bits per heavy atom. The van der Waals surface area contributed by atoms with Crippen molar-refractivity contribution in [3.8, 4) is 0 Å². The lowest BCUT2D eigenvalue weighted by atomic mass is 10.1. The van der Waals surface area contributed by atoms with Crippen LogP contribution in [0.4, 0.5) is 0 Å². The lowest BCUT2D eigenvalue weighted by Gasteiger charge is -2.15. The van der Waals surface area contributed by atoms with Crippen LogP contribution in [-0.4, -0.2) is 48.4 Å². The van der Waals surface area contributed by atoms with Gasteiger partial charge in [-0.1, -0.05) is 84.5 Å². The van der Waals surface area contributed by atoms with Gasteiger partial charge in [0.1, 0.15) is 5.25 Å². The number of thioether (sulfide) groups is 1. The summed E-state index contributed by atoms with van der Waals surface area (Å²) in [6.45, 7) is 7.35. The number of hydrogen-bond donors (Lipinski definition) is 2. The summed E-state index contributed by atoms with van der Waals surface area (Å²) in [6.07, 6.45) is 20.3. The number of nitrogens with one attached hydrogen (secondary N) is 1. The highest BCUT2D eigenvalue weighted by atomic mass is 32.2. The van der Waals surface area contributed by atoms with E-state index in [2.05, 4.69) is 19.2 Å². The van der Waals surface area contributed by atoms with Crippen LogP contribution in [0, 0.1) is 0 Å². The van der Waals surface area contributed by atoms with Crippen molar-refractivity contribution in [1.29, 1.82) is 0 Å². The zero-order valence-electron chi connectivity index (χ0n) is 20.8. The molecule has 0 saturated carbocycles. The Kier molecular flexibility index (Phi) is 25.8. The molecule has 0 aliphatic carbocycles. The standard InChI is InChI=1S/C26H53NO3S/c1-3-5-7-8-9-10-13-18-24-31-25(19-6-4-2)26(29)30-23-17-12-11-14-20-27-21-15-16-22-28/h25,27-28H,3-24H2,1-2H3. The van der Waals surface area contributed by atoms with E-state index < -0.39 is 0 Å². The van der Waals surface area contributed by atoms with Crippen LogP contribution in [0.5, 0.6) is 0 Å². The minimum Gasteiger partial charge on any atom is -0.465 e. The van der Waals surface area contributed by atoms with Crippen molar-refractivity contribution in [2.45, 2.75) is 128 Å². The fourth-order valence-electron chi connectivity index (χ4n) is 3.58. The molecule has 1 unspecified atom stereocenters. The first-order valence-corrected chi connectivity index (χ1v) is 14.4. The molecule has 0 rings (SSSR count). The van der Waals surface area contributed by atoms with E-state index in [0.717, 1.165) is 63.8 Å². The molecule has 0 aromatic carbocycles. The Hall–Kier alpha value is -0.260. The summed E-state index contributed by atoms with van der Waals surface area (Å²) in [5, 5.41) is 12.2. The van der Waals surface area contributed by atoms with Gasteiger partial charge in [-0.05, 0) is 57.4 Å². The average molecular weight is 460 g/mol. The molecule has 0 radical (unpaired) electrons. The maximum atomic E-state index is 12.5. The number of rotatable bonds is 25. The molecule has 5 heteroatoms. The van der Waals surface area contributed by atoms with Gasteiger partial charge >= 0.3 is 5.97 Å². The third-order valence-corrected chi connectivity index (χ3v) is 7.01. The van der Waals surface area contributed by atoms with Gasteiger partial charge in [0.15, 0.2) is 0 Å². The number of carbonyl (C=O) groups excluding carboxylic acids is 1. The molecular weight excluding hydrogens is 406 g/mol. The normalized spacial score (nSPS) is 12.2. The van der Waals surface area contributed by atoms with Gasteiger partial charge in [0.25, 0.3) is 0 Å². The number of ether oxygens (including phenoxy) is 1. The summed E-state index contributed by atoms with van der Waals surface area (Å²) in [5.74, 6) is 1.10. The summed E-state index contributed by atoms with van der Waals surface area (Å²) in [7, 11) is 0. The van der Waals surface area contributed by atoms with Crippen molar-refractivity contribution < 1.29 is 14.6 Å². The topological polar surface area (TPSA) is 58.6 Å². The summed E-state index contributed by atoms with van der Waals surface area (Å²) >= 11 is 1.83. The molecule has 186 valence electrons. The highest BCUT2D eigenvalue weighted by Gasteiger charge is 2.19. The highest BCUT2D eigenvalue weighted by molar-refractivity contribution is 8.00. The molecule has 2 N–H and O–H groups in total. The fourth-order valence-corrected chi connectivity index (χ4v) is 4.77. The molecule has 0 heterocycles. The van der Waals surface area contributed by atoms with E-state index in [1.807, 2.05) is 11.8 Å². The van der Waals surface area contributed by atoms with Crippen LogP contribution in [0.25, 0.3) is 0 Å². The van der Waals surface area contributed by atoms with Crippen molar-refractivity contribution in [3.05, 3.63) is 0 Å². The first-order valence-electron chi connectivity index (χ1n) is 13.4. The molecule has 0 spiro atoms. The fraction of sp³-hybridized carbons (Fsp3) is 0.962. The molecular formula is C26H53NO3S. The molecule has 0 aliphatic heterocycles. The maximum Gasteiger partial charge on any atom is 0.319 e. The molecule has 1 atom stereocenters. The van der Waals surface area contributed by atoms with Gasteiger partial charge in [-0.2, -0.15) is 0 Å². The maximum absolute atomic E-state index is 12.5. The molecule has 0 saturated heterocycles. The lowest BCUT2D eigenvalue weighted by Crippen LogP contribution is -2.21. The van der Waals surface area contributed by atoms with Crippen LogP contribution in [0.1, 0.15) is 123 Å². The second-order valence-electron chi connectivity index (χ2n) is 8.74. The Morgan fingerprint density at radius 1 is 0.774 bits per heavy atom. The zero-order chi connectivity index (χ0) is 22.8. The second kappa shape index (κ2) is 26.0. The van der Waals surface area contributed by atoms with Gasteiger partial charge < -0.3 is 15.2 Å². The number of aliphatic hydroxyl groups is 1. The van der Waals surface area contributed by atoms with E-state index >= 15 is 0 Å². The van der Waals surface area contributed by atoms with Gasteiger partial charge in [-0.25, -0.2) is 0 Å². The van der Waals surface area contributed by atoms with Crippen LogP contribution >= 0.6 is 11.8 Å². The lowest BCUT2D eigenvalue weighted by molar-refractivity contribution is -0.143. The van der Waals surface area contributed by atoms with Crippen LogP contribution in [0.2, 0.25) is 0 Å². The van der Waals surface area contributed by atoms with Crippen LogP contribution < -0.4 is 5.32 Å². The summed E-state index contributed by atoms with van der Waals surface area (Å²) in [6, 6.07) is 0. The van der Waals surface area contributed by atoms with E-state index in [4.69, 9.17) is 9.84 Å². The van der Waals surface area contributed by atoms with E-state index in [1.165, 1.54) is 64.2 Å². The Balaban J connectivity index is 3.70. The molecule has 0 bridgehead atoms. The average Bonchev–Trinajstić information content (AvgIpc) is 2.78. The second-order valence-corrected chi connectivity index (χ2v) is 10.0. The molecule has 4 nitrogen and oxygen atoms in total. The van der Waals surface area contributed by atoms with Crippen molar-refractivity contribution in [3.63, 3.8) is 0 Å². The quantitative estimate of drug-likeness (QED) is 0.115. The van der Waals surface area contributed by atoms with Gasteiger partial charge in [0.2, 0.25) is 0 Å². The number of unbranched alkanes of at least 4 members (excludes halogenated alkanes) is 12. The first-order chi connectivity index (χ1) is 15.3. The summed E-state index contributed by atoms with van der Waals surface area (Å²) in [4.78, 5) is 12.5. The molecule has 0 aromatic rings. The van der Waals surface area contributed by atoms with Gasteiger partial charge in [-0.15, -0.1) is 11.8 Å². The largest absolute Gasteiger partial charge is 0.465 e. The van der Waals surface area contributed by atoms with E-state index in [9.17, 15) is 4.79 Å². The molecule has 0 aromatic heterocycles. The van der Waals surface area contributed by atoms with Gasteiger partial charge in [-0.3, -0.25) is 4.79 Å². The predicted molar refractivity (Wildman–Crippen MR) is 137 cm³/mol.